The van der Waals surface area contributed by atoms with Crippen LogP contribution >= 0.6 is 0 Å². The Balaban J connectivity index is 2.30. The third-order valence-electron chi connectivity index (χ3n) is 2.82. The fourth-order valence-electron chi connectivity index (χ4n) is 1.71. The Hall–Kier alpha value is -0.760. The van der Waals surface area contributed by atoms with Gasteiger partial charge in [0.05, 0.1) is 11.5 Å². The lowest BCUT2D eigenvalue weighted by molar-refractivity contribution is 0.138. The molecule has 1 aromatic heterocycles. The van der Waals surface area contributed by atoms with Crippen molar-refractivity contribution in [3.05, 3.63) is 23.7 Å². The smallest absolute Gasteiger partial charge is 0.112 e. The molecule has 0 bridgehead atoms. The molecule has 1 fully saturated rings. The lowest BCUT2D eigenvalue weighted by Gasteiger charge is -2.15. The van der Waals surface area contributed by atoms with Crippen molar-refractivity contribution in [2.24, 2.45) is 0 Å². The second kappa shape index (κ2) is 2.36. The molecule has 1 aromatic rings. The summed E-state index contributed by atoms with van der Waals surface area (Å²) in [6, 6.07) is 3.94. The minimum Gasteiger partial charge on any atom is -0.466 e. The summed E-state index contributed by atoms with van der Waals surface area (Å²) in [6.45, 7) is 3.77. The van der Waals surface area contributed by atoms with Crippen molar-refractivity contribution in [3.8, 4) is 0 Å². The summed E-state index contributed by atoms with van der Waals surface area (Å²) in [5, 5.41) is 9.55. The van der Waals surface area contributed by atoms with Crippen molar-refractivity contribution >= 4 is 0 Å². The van der Waals surface area contributed by atoms with Gasteiger partial charge in [0, 0.05) is 0 Å². The van der Waals surface area contributed by atoms with Crippen LogP contribution in [0.15, 0.2) is 16.5 Å². The van der Waals surface area contributed by atoms with Gasteiger partial charge in [0.15, 0.2) is 0 Å². The summed E-state index contributed by atoms with van der Waals surface area (Å²) in [4.78, 5) is 0. The Bertz CT molecular complexity index is 282. The summed E-state index contributed by atoms with van der Waals surface area (Å²) in [6.07, 6.45) is 1.82. The van der Waals surface area contributed by atoms with E-state index in [0.29, 0.717) is 0 Å². The van der Waals surface area contributed by atoms with E-state index in [0.717, 1.165) is 24.4 Å². The molecule has 12 heavy (non-hydrogen) atoms. The van der Waals surface area contributed by atoms with Gasteiger partial charge in [-0.25, -0.2) is 0 Å². The van der Waals surface area contributed by atoms with Crippen molar-refractivity contribution in [3.63, 3.8) is 0 Å². The number of aryl methyl sites for hydroxylation is 1. The summed E-state index contributed by atoms with van der Waals surface area (Å²) in [7, 11) is 0. The Morgan fingerprint density at radius 3 is 2.50 bits per heavy atom. The van der Waals surface area contributed by atoms with Crippen LogP contribution in [0.2, 0.25) is 0 Å². The van der Waals surface area contributed by atoms with Gasteiger partial charge in [-0.2, -0.15) is 0 Å². The molecule has 0 radical (unpaired) electrons. The molecular formula is C10H14O2. The van der Waals surface area contributed by atoms with E-state index in [1.165, 1.54) is 0 Å². The van der Waals surface area contributed by atoms with Crippen LogP contribution in [-0.2, 0) is 5.41 Å². The van der Waals surface area contributed by atoms with E-state index in [-0.39, 0.29) is 11.5 Å². The highest BCUT2D eigenvalue weighted by Gasteiger charge is 2.50. The zero-order valence-corrected chi connectivity index (χ0v) is 7.50. The van der Waals surface area contributed by atoms with E-state index in [4.69, 9.17) is 4.42 Å². The SMILES string of the molecule is Cc1ccc(C2(C(C)O)CC2)o1. The molecule has 1 heterocycles. The average Bonchev–Trinajstić information content (AvgIpc) is 2.71. The van der Waals surface area contributed by atoms with E-state index in [2.05, 4.69) is 0 Å². The molecule has 66 valence electrons. The molecule has 1 aliphatic rings. The topological polar surface area (TPSA) is 33.4 Å². The van der Waals surface area contributed by atoms with E-state index in [9.17, 15) is 5.11 Å². The highest BCUT2D eigenvalue weighted by Crippen LogP contribution is 2.51. The van der Waals surface area contributed by atoms with Crippen molar-refractivity contribution in [1.29, 1.82) is 0 Å². The second-order valence-electron chi connectivity index (χ2n) is 3.74. The van der Waals surface area contributed by atoms with Crippen molar-refractivity contribution < 1.29 is 9.52 Å². The van der Waals surface area contributed by atoms with E-state index in [1.807, 2.05) is 26.0 Å². The highest BCUT2D eigenvalue weighted by atomic mass is 16.3. The molecule has 0 spiro atoms. The fraction of sp³-hybridized carbons (Fsp3) is 0.600. The lowest BCUT2D eigenvalue weighted by Crippen LogP contribution is -2.21. The standard InChI is InChI=1S/C10H14O2/c1-7-3-4-9(12-7)10(5-6-10)8(2)11/h3-4,8,11H,5-6H2,1-2H3. The largest absolute Gasteiger partial charge is 0.466 e. The first-order chi connectivity index (χ1) is 5.65. The minimum absolute atomic E-state index is 0.0474. The number of aliphatic hydroxyl groups is 1. The first-order valence-electron chi connectivity index (χ1n) is 4.40. The molecule has 2 heteroatoms. The van der Waals surface area contributed by atoms with E-state index >= 15 is 0 Å². The average molecular weight is 166 g/mol. The Kier molecular flexibility index (Phi) is 1.55. The van der Waals surface area contributed by atoms with Gasteiger partial charge in [0.1, 0.15) is 11.5 Å². The molecule has 1 N–H and O–H groups in total. The second-order valence-corrected chi connectivity index (χ2v) is 3.74. The maximum Gasteiger partial charge on any atom is 0.112 e. The molecule has 1 unspecified atom stereocenters. The third-order valence-corrected chi connectivity index (χ3v) is 2.82. The molecule has 1 aliphatic carbocycles. The number of hydrogen-bond acceptors (Lipinski definition) is 2. The van der Waals surface area contributed by atoms with Crippen LogP contribution in [0.1, 0.15) is 31.3 Å². The van der Waals surface area contributed by atoms with Gasteiger partial charge in [-0.15, -0.1) is 0 Å². The van der Waals surface area contributed by atoms with Crippen LogP contribution in [0.4, 0.5) is 0 Å². The van der Waals surface area contributed by atoms with Gasteiger partial charge < -0.3 is 9.52 Å². The summed E-state index contributed by atoms with van der Waals surface area (Å²) < 4.78 is 5.51. The summed E-state index contributed by atoms with van der Waals surface area (Å²) in [5.41, 5.74) is -0.0474. The van der Waals surface area contributed by atoms with Crippen LogP contribution < -0.4 is 0 Å². The molecule has 0 amide bonds. The van der Waals surface area contributed by atoms with Crippen LogP contribution in [0.25, 0.3) is 0 Å². The van der Waals surface area contributed by atoms with Crippen LogP contribution in [0, 0.1) is 6.92 Å². The van der Waals surface area contributed by atoms with Gasteiger partial charge in [-0.3, -0.25) is 0 Å². The zero-order chi connectivity index (χ0) is 8.77. The Morgan fingerprint density at radius 1 is 1.50 bits per heavy atom. The molecule has 1 atom stereocenters. The summed E-state index contributed by atoms with van der Waals surface area (Å²) in [5.74, 6) is 1.88. The summed E-state index contributed by atoms with van der Waals surface area (Å²) >= 11 is 0. The lowest BCUT2D eigenvalue weighted by atomic mass is 9.98. The third kappa shape index (κ3) is 0.985. The molecule has 2 rings (SSSR count). The number of hydrogen-bond donors (Lipinski definition) is 1. The molecule has 1 saturated carbocycles. The fourth-order valence-corrected chi connectivity index (χ4v) is 1.71. The predicted octanol–water partition coefficient (Wildman–Crippen LogP) is 2.00. The first-order valence-corrected chi connectivity index (χ1v) is 4.40. The van der Waals surface area contributed by atoms with Gasteiger partial charge in [0.25, 0.3) is 0 Å². The Labute approximate surface area is 72.2 Å². The molecule has 0 saturated heterocycles. The molecule has 2 nitrogen and oxygen atoms in total. The Morgan fingerprint density at radius 2 is 2.17 bits per heavy atom. The van der Waals surface area contributed by atoms with Gasteiger partial charge in [0.2, 0.25) is 0 Å². The van der Waals surface area contributed by atoms with Gasteiger partial charge in [-0.05, 0) is 38.8 Å². The van der Waals surface area contributed by atoms with Gasteiger partial charge in [-0.1, -0.05) is 0 Å². The van der Waals surface area contributed by atoms with Crippen LogP contribution in [0.3, 0.4) is 0 Å². The van der Waals surface area contributed by atoms with E-state index < -0.39 is 0 Å². The highest BCUT2D eigenvalue weighted by molar-refractivity contribution is 5.25. The maximum absolute atomic E-state index is 9.55. The van der Waals surface area contributed by atoms with Crippen molar-refractivity contribution in [2.45, 2.75) is 38.2 Å². The first kappa shape index (κ1) is 7.87. The maximum atomic E-state index is 9.55. The molecular weight excluding hydrogens is 152 g/mol. The van der Waals surface area contributed by atoms with Crippen molar-refractivity contribution in [2.75, 3.05) is 0 Å². The minimum atomic E-state index is -0.289. The monoisotopic (exact) mass is 166 g/mol. The van der Waals surface area contributed by atoms with Gasteiger partial charge >= 0.3 is 0 Å². The number of aliphatic hydroxyl groups excluding tert-OH is 1. The molecule has 0 aliphatic heterocycles. The quantitative estimate of drug-likeness (QED) is 0.729. The molecule has 0 aromatic carbocycles. The number of furan rings is 1. The normalized spacial score (nSPS) is 22.2. The predicted molar refractivity (Wildman–Crippen MR) is 46.0 cm³/mol. The van der Waals surface area contributed by atoms with Crippen molar-refractivity contribution in [1.82, 2.24) is 0 Å². The van der Waals surface area contributed by atoms with Crippen LogP contribution in [0.5, 0.6) is 0 Å². The zero-order valence-electron chi connectivity index (χ0n) is 7.50. The van der Waals surface area contributed by atoms with E-state index in [1.54, 1.807) is 0 Å². The van der Waals surface area contributed by atoms with Crippen LogP contribution in [-0.4, -0.2) is 11.2 Å². The number of rotatable bonds is 2.